The van der Waals surface area contributed by atoms with Crippen LogP contribution in [-0.4, -0.2) is 40.2 Å². The molecule has 2 aromatic rings. The molecule has 3 rings (SSSR count). The SMILES string of the molecule is O=C(NCCc1ccccn1)N1CCCC1CC(O)c1ccco1. The Morgan fingerprint density at radius 3 is 3.08 bits per heavy atom. The predicted molar refractivity (Wildman–Crippen MR) is 89.4 cm³/mol. The molecule has 6 heteroatoms. The largest absolute Gasteiger partial charge is 0.467 e. The average Bonchev–Trinajstić information content (AvgIpc) is 3.27. The molecule has 1 saturated heterocycles. The lowest BCUT2D eigenvalue weighted by atomic mass is 10.1. The van der Waals surface area contributed by atoms with Gasteiger partial charge in [0.25, 0.3) is 0 Å². The van der Waals surface area contributed by atoms with Crippen LogP contribution in [0.2, 0.25) is 0 Å². The molecule has 0 aliphatic carbocycles. The van der Waals surface area contributed by atoms with E-state index in [9.17, 15) is 9.90 Å². The summed E-state index contributed by atoms with van der Waals surface area (Å²) in [6.07, 6.45) is 5.71. The van der Waals surface area contributed by atoms with Crippen LogP contribution in [0, 0.1) is 0 Å². The topological polar surface area (TPSA) is 78.6 Å². The van der Waals surface area contributed by atoms with Gasteiger partial charge in [0.2, 0.25) is 0 Å². The Labute approximate surface area is 141 Å². The highest BCUT2D eigenvalue weighted by molar-refractivity contribution is 5.74. The van der Waals surface area contributed by atoms with Crippen LogP contribution >= 0.6 is 0 Å². The summed E-state index contributed by atoms with van der Waals surface area (Å²) in [5, 5.41) is 13.2. The summed E-state index contributed by atoms with van der Waals surface area (Å²) in [4.78, 5) is 18.5. The molecule has 24 heavy (non-hydrogen) atoms. The number of rotatable bonds is 6. The molecule has 1 aliphatic heterocycles. The minimum atomic E-state index is -0.674. The summed E-state index contributed by atoms with van der Waals surface area (Å²) in [6, 6.07) is 9.26. The number of amides is 2. The lowest BCUT2D eigenvalue weighted by molar-refractivity contribution is 0.108. The highest BCUT2D eigenvalue weighted by Gasteiger charge is 2.31. The van der Waals surface area contributed by atoms with Crippen LogP contribution < -0.4 is 5.32 Å². The van der Waals surface area contributed by atoms with E-state index in [0.29, 0.717) is 25.1 Å². The summed E-state index contributed by atoms with van der Waals surface area (Å²) in [6.45, 7) is 1.28. The van der Waals surface area contributed by atoms with E-state index >= 15 is 0 Å². The highest BCUT2D eigenvalue weighted by atomic mass is 16.4. The van der Waals surface area contributed by atoms with Crippen molar-refractivity contribution in [1.82, 2.24) is 15.2 Å². The maximum atomic E-state index is 12.4. The van der Waals surface area contributed by atoms with Crippen molar-refractivity contribution in [3.63, 3.8) is 0 Å². The van der Waals surface area contributed by atoms with E-state index in [0.717, 1.165) is 25.1 Å². The number of urea groups is 1. The molecule has 0 bridgehead atoms. The van der Waals surface area contributed by atoms with Crippen LogP contribution in [0.25, 0.3) is 0 Å². The standard InChI is InChI=1S/C18H23N3O3/c22-16(17-7-4-12-24-17)13-15-6-3-11-21(15)18(23)20-10-8-14-5-1-2-9-19-14/h1-2,4-5,7,9,12,15-16,22H,3,6,8,10-11,13H2,(H,20,23). The van der Waals surface area contributed by atoms with Gasteiger partial charge in [0.15, 0.2) is 0 Å². The van der Waals surface area contributed by atoms with Crippen molar-refractivity contribution in [2.75, 3.05) is 13.1 Å². The van der Waals surface area contributed by atoms with Gasteiger partial charge in [0.1, 0.15) is 11.9 Å². The van der Waals surface area contributed by atoms with E-state index in [2.05, 4.69) is 10.3 Å². The van der Waals surface area contributed by atoms with Crippen molar-refractivity contribution < 1.29 is 14.3 Å². The first-order valence-electron chi connectivity index (χ1n) is 8.40. The Morgan fingerprint density at radius 1 is 1.42 bits per heavy atom. The van der Waals surface area contributed by atoms with Gasteiger partial charge in [-0.3, -0.25) is 4.98 Å². The van der Waals surface area contributed by atoms with Crippen molar-refractivity contribution in [2.24, 2.45) is 0 Å². The maximum absolute atomic E-state index is 12.4. The molecule has 2 atom stereocenters. The van der Waals surface area contributed by atoms with Crippen LogP contribution in [-0.2, 0) is 6.42 Å². The van der Waals surface area contributed by atoms with Crippen molar-refractivity contribution in [2.45, 2.75) is 37.8 Å². The summed E-state index contributed by atoms with van der Waals surface area (Å²) in [5.41, 5.74) is 0.962. The second-order valence-electron chi connectivity index (χ2n) is 6.06. The molecule has 0 radical (unpaired) electrons. The number of aliphatic hydroxyl groups excluding tert-OH is 1. The van der Waals surface area contributed by atoms with Gasteiger partial charge in [0.05, 0.1) is 6.26 Å². The summed E-state index contributed by atoms with van der Waals surface area (Å²) in [5.74, 6) is 0.553. The molecule has 3 heterocycles. The van der Waals surface area contributed by atoms with E-state index in [1.165, 1.54) is 0 Å². The van der Waals surface area contributed by atoms with Crippen molar-refractivity contribution >= 4 is 6.03 Å². The maximum Gasteiger partial charge on any atom is 0.317 e. The number of aromatic nitrogens is 1. The third kappa shape index (κ3) is 4.14. The fraction of sp³-hybridized carbons (Fsp3) is 0.444. The smallest absolute Gasteiger partial charge is 0.317 e. The van der Waals surface area contributed by atoms with Gasteiger partial charge in [-0.15, -0.1) is 0 Å². The molecule has 128 valence electrons. The van der Waals surface area contributed by atoms with Crippen LogP contribution in [0.3, 0.4) is 0 Å². The van der Waals surface area contributed by atoms with E-state index in [-0.39, 0.29) is 12.1 Å². The first kappa shape index (κ1) is 16.5. The van der Waals surface area contributed by atoms with Gasteiger partial charge in [-0.1, -0.05) is 6.07 Å². The Bertz CT molecular complexity index is 630. The van der Waals surface area contributed by atoms with Crippen LogP contribution in [0.4, 0.5) is 4.79 Å². The van der Waals surface area contributed by atoms with Gasteiger partial charge in [0, 0.05) is 43.9 Å². The Kier molecular flexibility index (Phi) is 5.48. The van der Waals surface area contributed by atoms with Gasteiger partial charge in [-0.2, -0.15) is 0 Å². The highest BCUT2D eigenvalue weighted by Crippen LogP contribution is 2.27. The zero-order valence-corrected chi connectivity index (χ0v) is 13.6. The van der Waals surface area contributed by atoms with Crippen LogP contribution in [0.5, 0.6) is 0 Å². The van der Waals surface area contributed by atoms with Gasteiger partial charge in [-0.05, 0) is 37.1 Å². The number of hydrogen-bond acceptors (Lipinski definition) is 4. The molecule has 1 aliphatic rings. The number of nitrogens with zero attached hydrogens (tertiary/aromatic N) is 2. The third-order valence-corrected chi connectivity index (χ3v) is 4.39. The molecular weight excluding hydrogens is 306 g/mol. The number of furan rings is 1. The van der Waals surface area contributed by atoms with E-state index in [4.69, 9.17) is 4.42 Å². The number of carbonyl (C=O) groups is 1. The third-order valence-electron chi connectivity index (χ3n) is 4.39. The monoisotopic (exact) mass is 329 g/mol. The van der Waals surface area contributed by atoms with E-state index in [1.54, 1.807) is 24.6 Å². The minimum absolute atomic E-state index is 0.0416. The second-order valence-corrected chi connectivity index (χ2v) is 6.06. The number of carbonyl (C=O) groups excluding carboxylic acids is 1. The molecule has 0 aromatic carbocycles. The lowest BCUT2D eigenvalue weighted by Gasteiger charge is -2.26. The number of hydrogen-bond donors (Lipinski definition) is 2. The summed E-state index contributed by atoms with van der Waals surface area (Å²) < 4.78 is 5.24. The summed E-state index contributed by atoms with van der Waals surface area (Å²) >= 11 is 0. The normalized spacial score (nSPS) is 18.5. The molecule has 2 unspecified atom stereocenters. The fourth-order valence-electron chi connectivity index (χ4n) is 3.15. The molecule has 0 spiro atoms. The van der Waals surface area contributed by atoms with Gasteiger partial charge in [-0.25, -0.2) is 4.79 Å². The molecule has 6 nitrogen and oxygen atoms in total. The van der Waals surface area contributed by atoms with Crippen molar-refractivity contribution in [1.29, 1.82) is 0 Å². The zero-order chi connectivity index (χ0) is 16.8. The quantitative estimate of drug-likeness (QED) is 0.853. The van der Waals surface area contributed by atoms with Crippen molar-refractivity contribution in [3.8, 4) is 0 Å². The van der Waals surface area contributed by atoms with Gasteiger partial charge >= 0.3 is 6.03 Å². The minimum Gasteiger partial charge on any atom is -0.467 e. The Hall–Kier alpha value is -2.34. The summed E-state index contributed by atoms with van der Waals surface area (Å²) in [7, 11) is 0. The number of aliphatic hydroxyl groups is 1. The molecule has 2 N–H and O–H groups in total. The van der Waals surface area contributed by atoms with Crippen LogP contribution in [0.15, 0.2) is 47.2 Å². The van der Waals surface area contributed by atoms with E-state index < -0.39 is 6.10 Å². The molecule has 0 saturated carbocycles. The van der Waals surface area contributed by atoms with E-state index in [1.807, 2.05) is 23.1 Å². The number of likely N-dealkylation sites (tertiary alicyclic amines) is 1. The molecule has 1 fully saturated rings. The van der Waals surface area contributed by atoms with Crippen LogP contribution in [0.1, 0.15) is 36.8 Å². The predicted octanol–water partition coefficient (Wildman–Crippen LogP) is 2.51. The Morgan fingerprint density at radius 2 is 2.33 bits per heavy atom. The lowest BCUT2D eigenvalue weighted by Crippen LogP contribution is -2.43. The van der Waals surface area contributed by atoms with Crippen molar-refractivity contribution in [3.05, 3.63) is 54.2 Å². The average molecular weight is 329 g/mol. The van der Waals surface area contributed by atoms with Gasteiger partial charge < -0.3 is 19.7 Å². The number of nitrogens with one attached hydrogen (secondary N) is 1. The molecular formula is C18H23N3O3. The second kappa shape index (κ2) is 7.97. The molecule has 2 aromatic heterocycles. The zero-order valence-electron chi connectivity index (χ0n) is 13.6. The molecule has 2 amide bonds. The number of pyridine rings is 1. The fourth-order valence-corrected chi connectivity index (χ4v) is 3.15. The first-order chi connectivity index (χ1) is 11.7. The first-order valence-corrected chi connectivity index (χ1v) is 8.40. The Balaban J connectivity index is 1.48.